The minimum atomic E-state index is 0.150. The number of benzene rings is 2. The van der Waals surface area contributed by atoms with Crippen LogP contribution in [-0.2, 0) is 4.74 Å². The SMILES string of the molecule is CCCCCCCCCOC(C)c1ccc(-c2ccc(OCCCCCCC)cc2)cc1. The van der Waals surface area contributed by atoms with Gasteiger partial charge in [-0.25, -0.2) is 0 Å². The summed E-state index contributed by atoms with van der Waals surface area (Å²) in [5.41, 5.74) is 3.71. The van der Waals surface area contributed by atoms with Crippen molar-refractivity contribution in [2.75, 3.05) is 13.2 Å². The van der Waals surface area contributed by atoms with E-state index >= 15 is 0 Å². The standard InChI is InChI=1S/C30H46O2/c1-4-6-8-10-11-13-14-24-31-26(3)27-16-18-28(19-17-27)29-20-22-30(23-21-29)32-25-15-12-9-7-5-2/h16-23,26H,4-15,24-25H2,1-3H3. The van der Waals surface area contributed by atoms with Crippen molar-refractivity contribution in [3.8, 4) is 16.9 Å². The van der Waals surface area contributed by atoms with E-state index in [9.17, 15) is 0 Å². The highest BCUT2D eigenvalue weighted by Gasteiger charge is 2.06. The molecule has 0 aliphatic heterocycles. The Bertz CT molecular complexity index is 690. The Labute approximate surface area is 197 Å². The fourth-order valence-electron chi connectivity index (χ4n) is 4.00. The van der Waals surface area contributed by atoms with Crippen LogP contribution in [0.1, 0.15) is 109 Å². The summed E-state index contributed by atoms with van der Waals surface area (Å²) < 4.78 is 12.0. The van der Waals surface area contributed by atoms with Crippen LogP contribution in [0.5, 0.6) is 5.75 Å². The van der Waals surface area contributed by atoms with Crippen LogP contribution in [0.25, 0.3) is 11.1 Å². The third-order valence-electron chi connectivity index (χ3n) is 6.20. The van der Waals surface area contributed by atoms with Gasteiger partial charge in [0.05, 0.1) is 12.7 Å². The van der Waals surface area contributed by atoms with Gasteiger partial charge in [-0.3, -0.25) is 0 Å². The van der Waals surface area contributed by atoms with E-state index in [0.29, 0.717) is 0 Å². The van der Waals surface area contributed by atoms with Gasteiger partial charge in [-0.15, -0.1) is 0 Å². The van der Waals surface area contributed by atoms with Crippen molar-refractivity contribution in [2.24, 2.45) is 0 Å². The van der Waals surface area contributed by atoms with Crippen molar-refractivity contribution in [2.45, 2.75) is 104 Å². The summed E-state index contributed by atoms with van der Waals surface area (Å²) in [6.45, 7) is 8.35. The molecule has 0 bridgehead atoms. The lowest BCUT2D eigenvalue weighted by molar-refractivity contribution is 0.0627. The summed E-state index contributed by atoms with van der Waals surface area (Å²) in [5.74, 6) is 0.966. The van der Waals surface area contributed by atoms with Crippen LogP contribution in [0.4, 0.5) is 0 Å². The van der Waals surface area contributed by atoms with Crippen molar-refractivity contribution < 1.29 is 9.47 Å². The van der Waals surface area contributed by atoms with Crippen LogP contribution in [0.2, 0.25) is 0 Å². The predicted molar refractivity (Wildman–Crippen MR) is 138 cm³/mol. The Morgan fingerprint density at radius 3 is 1.59 bits per heavy atom. The molecular weight excluding hydrogens is 392 g/mol. The lowest BCUT2D eigenvalue weighted by Crippen LogP contribution is -2.01. The average molecular weight is 439 g/mol. The molecule has 2 aromatic rings. The van der Waals surface area contributed by atoms with Gasteiger partial charge in [0, 0.05) is 6.61 Å². The first-order valence-corrected chi connectivity index (χ1v) is 13.2. The molecule has 0 amide bonds. The molecule has 2 nitrogen and oxygen atoms in total. The van der Waals surface area contributed by atoms with Gasteiger partial charge in [-0.1, -0.05) is 114 Å². The summed E-state index contributed by atoms with van der Waals surface area (Å²) in [7, 11) is 0. The van der Waals surface area contributed by atoms with Crippen LogP contribution >= 0.6 is 0 Å². The Morgan fingerprint density at radius 2 is 1.03 bits per heavy atom. The van der Waals surface area contributed by atoms with Crippen molar-refractivity contribution in [1.29, 1.82) is 0 Å². The molecule has 0 saturated heterocycles. The largest absolute Gasteiger partial charge is 0.494 e. The van der Waals surface area contributed by atoms with Gasteiger partial charge in [0.1, 0.15) is 5.75 Å². The second-order valence-corrected chi connectivity index (χ2v) is 9.04. The summed E-state index contributed by atoms with van der Waals surface area (Å²) >= 11 is 0. The lowest BCUT2D eigenvalue weighted by Gasteiger charge is -2.14. The molecule has 0 heterocycles. The Hall–Kier alpha value is -1.80. The topological polar surface area (TPSA) is 18.5 Å². The van der Waals surface area contributed by atoms with Crippen LogP contribution < -0.4 is 4.74 Å². The molecule has 0 saturated carbocycles. The molecule has 0 fully saturated rings. The van der Waals surface area contributed by atoms with Crippen LogP contribution in [0, 0.1) is 0 Å². The minimum Gasteiger partial charge on any atom is -0.494 e. The third-order valence-corrected chi connectivity index (χ3v) is 6.20. The molecule has 0 aromatic heterocycles. The van der Waals surface area contributed by atoms with Crippen molar-refractivity contribution in [1.82, 2.24) is 0 Å². The Morgan fingerprint density at radius 1 is 0.562 bits per heavy atom. The molecule has 1 atom stereocenters. The maximum atomic E-state index is 6.07. The average Bonchev–Trinajstić information content (AvgIpc) is 2.83. The van der Waals surface area contributed by atoms with Gasteiger partial charge in [-0.05, 0) is 48.6 Å². The first-order valence-electron chi connectivity index (χ1n) is 13.2. The molecule has 0 spiro atoms. The molecule has 2 heteroatoms. The first-order chi connectivity index (χ1) is 15.7. The summed E-state index contributed by atoms with van der Waals surface area (Å²) in [6.07, 6.45) is 15.7. The van der Waals surface area contributed by atoms with E-state index in [4.69, 9.17) is 9.47 Å². The van der Waals surface area contributed by atoms with Gasteiger partial charge in [0.2, 0.25) is 0 Å². The zero-order valence-corrected chi connectivity index (χ0v) is 20.9. The molecule has 0 radical (unpaired) electrons. The monoisotopic (exact) mass is 438 g/mol. The quantitative estimate of drug-likeness (QED) is 0.216. The molecule has 1 unspecified atom stereocenters. The van der Waals surface area contributed by atoms with Gasteiger partial charge >= 0.3 is 0 Å². The van der Waals surface area contributed by atoms with E-state index in [1.54, 1.807) is 0 Å². The maximum Gasteiger partial charge on any atom is 0.119 e. The van der Waals surface area contributed by atoms with E-state index in [1.807, 2.05) is 0 Å². The van der Waals surface area contributed by atoms with E-state index in [1.165, 1.54) is 87.3 Å². The van der Waals surface area contributed by atoms with Crippen molar-refractivity contribution in [3.63, 3.8) is 0 Å². The van der Waals surface area contributed by atoms with E-state index < -0.39 is 0 Å². The number of hydrogen-bond acceptors (Lipinski definition) is 2. The van der Waals surface area contributed by atoms with Gasteiger partial charge < -0.3 is 9.47 Å². The highest BCUT2D eigenvalue weighted by atomic mass is 16.5. The minimum absolute atomic E-state index is 0.150. The maximum absolute atomic E-state index is 6.07. The van der Waals surface area contributed by atoms with Gasteiger partial charge in [-0.2, -0.15) is 0 Å². The molecule has 0 N–H and O–H groups in total. The second kappa shape index (κ2) is 16.8. The van der Waals surface area contributed by atoms with Crippen LogP contribution in [-0.4, -0.2) is 13.2 Å². The predicted octanol–water partition coefficient (Wildman–Crippen LogP) is 9.53. The number of rotatable bonds is 18. The van der Waals surface area contributed by atoms with E-state index in [2.05, 4.69) is 69.3 Å². The molecule has 2 aromatic carbocycles. The zero-order chi connectivity index (χ0) is 22.9. The molecule has 178 valence electrons. The fraction of sp³-hybridized carbons (Fsp3) is 0.600. The van der Waals surface area contributed by atoms with E-state index in [-0.39, 0.29) is 6.10 Å². The van der Waals surface area contributed by atoms with Crippen molar-refractivity contribution in [3.05, 3.63) is 54.1 Å². The fourth-order valence-corrected chi connectivity index (χ4v) is 4.00. The molecule has 2 rings (SSSR count). The van der Waals surface area contributed by atoms with Gasteiger partial charge in [0.15, 0.2) is 0 Å². The Balaban J connectivity index is 1.68. The van der Waals surface area contributed by atoms with Crippen LogP contribution in [0.15, 0.2) is 48.5 Å². The summed E-state index contributed by atoms with van der Waals surface area (Å²) in [4.78, 5) is 0. The molecule has 0 aliphatic carbocycles. The number of hydrogen-bond donors (Lipinski definition) is 0. The van der Waals surface area contributed by atoms with E-state index in [0.717, 1.165) is 25.4 Å². The molecular formula is C30H46O2. The highest BCUT2D eigenvalue weighted by molar-refractivity contribution is 5.64. The summed E-state index contributed by atoms with van der Waals surface area (Å²) in [6, 6.07) is 17.3. The summed E-state index contributed by atoms with van der Waals surface area (Å²) in [5, 5.41) is 0. The smallest absolute Gasteiger partial charge is 0.119 e. The van der Waals surface area contributed by atoms with Crippen LogP contribution in [0.3, 0.4) is 0 Å². The molecule has 32 heavy (non-hydrogen) atoms. The third kappa shape index (κ3) is 10.7. The lowest BCUT2D eigenvalue weighted by atomic mass is 10.0. The normalized spacial score (nSPS) is 12.1. The second-order valence-electron chi connectivity index (χ2n) is 9.04. The van der Waals surface area contributed by atoms with Crippen molar-refractivity contribution >= 4 is 0 Å². The number of ether oxygens (including phenoxy) is 2. The Kier molecular flexibility index (Phi) is 13.9. The molecule has 0 aliphatic rings. The number of unbranched alkanes of at least 4 members (excludes halogenated alkanes) is 10. The first kappa shape index (κ1) is 26.5. The van der Waals surface area contributed by atoms with Gasteiger partial charge in [0.25, 0.3) is 0 Å². The zero-order valence-electron chi connectivity index (χ0n) is 20.9. The highest BCUT2D eigenvalue weighted by Crippen LogP contribution is 2.25.